The molecule has 4 N–H and O–H groups in total. The number of hydrogen-bond acceptors (Lipinski definition) is 7. The number of anilines is 1. The van der Waals surface area contributed by atoms with Crippen LogP contribution in [0.15, 0.2) is 35.5 Å². The third-order valence-electron chi connectivity index (χ3n) is 4.84. The highest BCUT2D eigenvalue weighted by Gasteiger charge is 2.46. The van der Waals surface area contributed by atoms with E-state index >= 15 is 0 Å². The van der Waals surface area contributed by atoms with E-state index in [-0.39, 0.29) is 39.7 Å². The van der Waals surface area contributed by atoms with Gasteiger partial charge in [0.2, 0.25) is 0 Å². The van der Waals surface area contributed by atoms with Gasteiger partial charge in [0.05, 0.1) is 6.20 Å². The number of amides is 1. The molecule has 2 atom stereocenters. The van der Waals surface area contributed by atoms with E-state index in [4.69, 9.17) is 22.2 Å². The van der Waals surface area contributed by atoms with E-state index in [2.05, 4.69) is 25.5 Å². The molecule has 0 saturated heterocycles. The van der Waals surface area contributed by atoms with E-state index in [0.717, 1.165) is 6.20 Å². The first-order valence-corrected chi connectivity index (χ1v) is 9.98. The number of nitrogens with one attached hydrogen (secondary N) is 2. The average Bonchev–Trinajstić information content (AvgIpc) is 2.87. The highest BCUT2D eigenvalue weighted by atomic mass is 35.5. The molecule has 1 amide bonds. The number of pyridine rings is 1. The topological polar surface area (TPSA) is 111 Å². The van der Waals surface area contributed by atoms with Crippen molar-refractivity contribution >= 4 is 29.2 Å². The Bertz CT molecular complexity index is 1070. The Labute approximate surface area is 191 Å². The SMILES string of the molecule is Cc1cc(OC(F)F)cnc1C(=O)Nc1ccc(Cl)c([C@@]2(C(F)F)CC(C)NOC(N)=N2)c1. The third kappa shape index (κ3) is 5.45. The highest BCUT2D eigenvalue weighted by molar-refractivity contribution is 6.31. The summed E-state index contributed by atoms with van der Waals surface area (Å²) in [7, 11) is 0. The summed E-state index contributed by atoms with van der Waals surface area (Å²) in [6.07, 6.45) is -2.23. The number of aryl methyl sites for hydroxylation is 1. The van der Waals surface area contributed by atoms with Crippen LogP contribution in [0.4, 0.5) is 23.2 Å². The molecule has 0 spiro atoms. The van der Waals surface area contributed by atoms with E-state index in [1.165, 1.54) is 31.2 Å². The molecule has 8 nitrogen and oxygen atoms in total. The number of benzene rings is 1. The standard InChI is InChI=1S/C20H20ClF4N5O3/c1-9-5-12(32-18(24)25)8-27-15(9)16(31)28-11-3-4-14(21)13(6-11)20(17(22)23)7-10(2)30-33-19(26)29-20/h3-6,8,10,17-18,30H,7H2,1-2H3,(H2,26,29)(H,28,31)/t10?,20-/m1/s1. The molecule has 178 valence electrons. The quantitative estimate of drug-likeness (QED) is 0.529. The Morgan fingerprint density at radius 2 is 2.09 bits per heavy atom. The van der Waals surface area contributed by atoms with Crippen LogP contribution in [0, 0.1) is 6.92 Å². The Hall–Kier alpha value is -3.12. The molecule has 1 aliphatic rings. The summed E-state index contributed by atoms with van der Waals surface area (Å²) in [5, 5.41) is 2.53. The Morgan fingerprint density at radius 3 is 2.73 bits per heavy atom. The molecule has 2 aromatic rings. The Balaban J connectivity index is 1.94. The molecule has 1 aliphatic heterocycles. The van der Waals surface area contributed by atoms with E-state index in [0.29, 0.717) is 0 Å². The van der Waals surface area contributed by atoms with Gasteiger partial charge in [-0.1, -0.05) is 11.6 Å². The Morgan fingerprint density at radius 1 is 1.36 bits per heavy atom. The minimum atomic E-state index is -3.04. The van der Waals surface area contributed by atoms with Crippen LogP contribution in [0.3, 0.4) is 0 Å². The minimum Gasteiger partial charge on any atom is -0.433 e. The van der Waals surface area contributed by atoms with Crippen molar-refractivity contribution < 1.29 is 31.9 Å². The molecule has 2 heterocycles. The molecule has 0 fully saturated rings. The van der Waals surface area contributed by atoms with Crippen LogP contribution >= 0.6 is 11.6 Å². The molecule has 1 unspecified atom stereocenters. The normalized spacial score (nSPS) is 20.8. The number of hydrogen-bond donors (Lipinski definition) is 3. The number of nitrogens with two attached hydrogens (primary N) is 1. The molecule has 1 aromatic carbocycles. The van der Waals surface area contributed by atoms with E-state index < -0.39 is 36.5 Å². The summed E-state index contributed by atoms with van der Waals surface area (Å²) in [5.41, 5.74) is 6.25. The molecule has 0 bridgehead atoms. The zero-order valence-corrected chi connectivity index (χ0v) is 18.2. The fourth-order valence-corrected chi connectivity index (χ4v) is 3.72. The van der Waals surface area contributed by atoms with Gasteiger partial charge in [-0.05, 0) is 43.7 Å². The summed E-state index contributed by atoms with van der Waals surface area (Å²) in [4.78, 5) is 25.4. The first-order valence-electron chi connectivity index (χ1n) is 9.60. The number of halogens is 5. The van der Waals surface area contributed by atoms with Gasteiger partial charge in [0.15, 0.2) is 5.54 Å². The van der Waals surface area contributed by atoms with E-state index in [1.54, 1.807) is 6.92 Å². The predicted octanol–water partition coefficient (Wildman–Crippen LogP) is 3.99. The monoisotopic (exact) mass is 489 g/mol. The second-order valence-corrected chi connectivity index (χ2v) is 7.77. The number of aromatic nitrogens is 1. The Kier molecular flexibility index (Phi) is 7.28. The van der Waals surface area contributed by atoms with Gasteiger partial charge in [0, 0.05) is 28.7 Å². The van der Waals surface area contributed by atoms with Crippen LogP contribution in [-0.4, -0.2) is 36.0 Å². The number of amidine groups is 1. The van der Waals surface area contributed by atoms with E-state index in [1.807, 2.05) is 0 Å². The minimum absolute atomic E-state index is 0.0123. The fraction of sp³-hybridized carbons (Fsp3) is 0.350. The second kappa shape index (κ2) is 9.79. The number of hydroxylamine groups is 1. The maximum atomic E-state index is 14.3. The molecular weight excluding hydrogens is 470 g/mol. The molecule has 1 aromatic heterocycles. The van der Waals surface area contributed by atoms with Gasteiger partial charge in [0.1, 0.15) is 11.4 Å². The molecular formula is C20H20ClF4N5O3. The lowest BCUT2D eigenvalue weighted by Gasteiger charge is -2.30. The van der Waals surface area contributed by atoms with Crippen molar-refractivity contribution in [3.63, 3.8) is 0 Å². The van der Waals surface area contributed by atoms with Gasteiger partial charge in [-0.2, -0.15) is 14.3 Å². The van der Waals surface area contributed by atoms with Gasteiger partial charge in [-0.25, -0.2) is 18.8 Å². The van der Waals surface area contributed by atoms with Crippen molar-refractivity contribution in [2.24, 2.45) is 10.7 Å². The van der Waals surface area contributed by atoms with E-state index in [9.17, 15) is 22.4 Å². The number of carbonyl (C=O) groups excluding carboxylic acids is 1. The lowest BCUT2D eigenvalue weighted by molar-refractivity contribution is -0.0501. The molecule has 0 saturated carbocycles. The predicted molar refractivity (Wildman–Crippen MR) is 113 cm³/mol. The molecule has 33 heavy (non-hydrogen) atoms. The van der Waals surface area contributed by atoms with Crippen molar-refractivity contribution in [1.29, 1.82) is 0 Å². The summed E-state index contributed by atoms with van der Waals surface area (Å²) in [6, 6.07) is 4.20. The molecule has 13 heteroatoms. The van der Waals surface area contributed by atoms with Crippen LogP contribution in [0.2, 0.25) is 5.02 Å². The van der Waals surface area contributed by atoms with Gasteiger partial charge in [-0.3, -0.25) is 4.79 Å². The van der Waals surface area contributed by atoms with Crippen molar-refractivity contribution in [1.82, 2.24) is 10.5 Å². The van der Waals surface area contributed by atoms with Gasteiger partial charge in [-0.15, -0.1) is 0 Å². The largest absolute Gasteiger partial charge is 0.433 e. The van der Waals surface area contributed by atoms with Crippen molar-refractivity contribution in [3.05, 3.63) is 52.3 Å². The van der Waals surface area contributed by atoms with Crippen molar-refractivity contribution in [2.45, 2.75) is 44.9 Å². The second-order valence-electron chi connectivity index (χ2n) is 7.36. The van der Waals surface area contributed by atoms with Crippen LogP contribution < -0.4 is 21.3 Å². The van der Waals surface area contributed by atoms with Crippen LogP contribution in [0.25, 0.3) is 0 Å². The number of nitrogens with zero attached hydrogens (tertiary/aromatic N) is 2. The van der Waals surface area contributed by atoms with Gasteiger partial charge in [0.25, 0.3) is 12.3 Å². The molecule has 3 rings (SSSR count). The number of aliphatic imine (C=N–C) groups is 1. The zero-order valence-electron chi connectivity index (χ0n) is 17.4. The lowest BCUT2D eigenvalue weighted by atomic mass is 9.84. The summed E-state index contributed by atoms with van der Waals surface area (Å²) in [5.74, 6) is -0.904. The lowest BCUT2D eigenvalue weighted by Crippen LogP contribution is -2.38. The summed E-state index contributed by atoms with van der Waals surface area (Å²) < 4.78 is 57.7. The first-order chi connectivity index (χ1) is 15.5. The average molecular weight is 490 g/mol. The van der Waals surface area contributed by atoms with Crippen molar-refractivity contribution in [2.75, 3.05) is 5.32 Å². The maximum absolute atomic E-state index is 14.3. The number of ether oxygens (including phenoxy) is 1. The van der Waals surface area contributed by atoms with Crippen LogP contribution in [0.1, 0.15) is 35.0 Å². The molecule has 0 aliphatic carbocycles. The van der Waals surface area contributed by atoms with Crippen molar-refractivity contribution in [3.8, 4) is 5.75 Å². The first kappa shape index (κ1) is 24.5. The maximum Gasteiger partial charge on any atom is 0.387 e. The third-order valence-corrected chi connectivity index (χ3v) is 5.17. The molecule has 0 radical (unpaired) electrons. The van der Waals surface area contributed by atoms with Crippen LogP contribution in [0.5, 0.6) is 5.75 Å². The number of alkyl halides is 4. The highest BCUT2D eigenvalue weighted by Crippen LogP contribution is 2.42. The van der Waals surface area contributed by atoms with Crippen LogP contribution in [-0.2, 0) is 10.4 Å². The zero-order chi connectivity index (χ0) is 24.3. The number of carbonyl (C=O) groups is 1. The number of rotatable bonds is 6. The fourth-order valence-electron chi connectivity index (χ4n) is 3.44. The summed E-state index contributed by atoms with van der Waals surface area (Å²) in [6.45, 7) is 0.0571. The van der Waals surface area contributed by atoms with Gasteiger partial charge >= 0.3 is 12.6 Å². The summed E-state index contributed by atoms with van der Waals surface area (Å²) >= 11 is 6.24. The van der Waals surface area contributed by atoms with Gasteiger partial charge < -0.3 is 20.6 Å². The smallest absolute Gasteiger partial charge is 0.387 e.